The van der Waals surface area contributed by atoms with E-state index in [1.807, 2.05) is 13.8 Å². The fourth-order valence-corrected chi connectivity index (χ4v) is 2.53. The average Bonchev–Trinajstić information content (AvgIpc) is 2.85. The van der Waals surface area contributed by atoms with E-state index in [0.717, 1.165) is 6.42 Å². The molecule has 2 atom stereocenters. The quantitative estimate of drug-likeness (QED) is 0.825. The van der Waals surface area contributed by atoms with Gasteiger partial charge in [-0.3, -0.25) is 9.59 Å². The number of aryl methyl sites for hydroxylation is 1. The Balaban J connectivity index is 2.29. The van der Waals surface area contributed by atoms with Crippen molar-refractivity contribution in [1.82, 2.24) is 30.4 Å². The summed E-state index contributed by atoms with van der Waals surface area (Å²) in [6.45, 7) is 5.84. The summed E-state index contributed by atoms with van der Waals surface area (Å²) in [5.74, 6) is 0.250. The fraction of sp³-hybridized carbons (Fsp3) is 0.769. The Morgan fingerprint density at radius 1 is 1.33 bits per heavy atom. The molecule has 1 N–H and O–H groups in total. The van der Waals surface area contributed by atoms with Gasteiger partial charge in [0.1, 0.15) is 11.6 Å². The van der Waals surface area contributed by atoms with Gasteiger partial charge < -0.3 is 10.2 Å². The third-order valence-electron chi connectivity index (χ3n) is 3.94. The smallest absolute Gasteiger partial charge is 0.249 e. The minimum absolute atomic E-state index is 0.0875. The molecule has 2 amide bonds. The van der Waals surface area contributed by atoms with Crippen LogP contribution in [0, 0.1) is 0 Å². The number of aromatic nitrogens is 4. The molecule has 1 fully saturated rings. The number of rotatable bonds is 5. The maximum absolute atomic E-state index is 12.7. The number of piperazine rings is 1. The number of nitrogens with zero attached hydrogens (tertiary/aromatic N) is 5. The zero-order valence-electron chi connectivity index (χ0n) is 13.0. The van der Waals surface area contributed by atoms with E-state index in [4.69, 9.17) is 0 Å². The van der Waals surface area contributed by atoms with Crippen LogP contribution in [0.2, 0.25) is 0 Å². The van der Waals surface area contributed by atoms with E-state index in [9.17, 15) is 9.59 Å². The molecule has 0 bridgehead atoms. The van der Waals surface area contributed by atoms with Crippen molar-refractivity contribution in [2.75, 3.05) is 0 Å². The molecule has 0 saturated carbocycles. The standard InChI is InChI=1S/C13H22N6O2/c1-5-7-9-11(20)14-13(3,6-2)12(21)19(9)8-10-15-17-18(4)16-10/h9H,5-8H2,1-4H3,(H,14,20). The predicted octanol–water partition coefficient (Wildman–Crippen LogP) is 0.00590. The Morgan fingerprint density at radius 2 is 2.05 bits per heavy atom. The van der Waals surface area contributed by atoms with E-state index in [1.54, 1.807) is 18.9 Å². The van der Waals surface area contributed by atoms with Crippen LogP contribution >= 0.6 is 0 Å². The van der Waals surface area contributed by atoms with E-state index in [0.29, 0.717) is 18.7 Å². The molecule has 116 valence electrons. The van der Waals surface area contributed by atoms with Crippen LogP contribution in [0.1, 0.15) is 45.9 Å². The van der Waals surface area contributed by atoms with Gasteiger partial charge in [-0.25, -0.2) is 0 Å². The van der Waals surface area contributed by atoms with Crippen molar-refractivity contribution in [3.8, 4) is 0 Å². The lowest BCUT2D eigenvalue weighted by atomic mass is 9.90. The summed E-state index contributed by atoms with van der Waals surface area (Å²) < 4.78 is 0. The van der Waals surface area contributed by atoms with E-state index in [-0.39, 0.29) is 18.4 Å². The van der Waals surface area contributed by atoms with Crippen molar-refractivity contribution in [2.24, 2.45) is 7.05 Å². The lowest BCUT2D eigenvalue weighted by molar-refractivity contribution is -0.155. The molecular weight excluding hydrogens is 272 g/mol. The summed E-state index contributed by atoms with van der Waals surface area (Å²) in [6.07, 6.45) is 1.98. The van der Waals surface area contributed by atoms with Crippen LogP contribution in [0.3, 0.4) is 0 Å². The second-order valence-electron chi connectivity index (χ2n) is 5.61. The van der Waals surface area contributed by atoms with E-state index >= 15 is 0 Å². The van der Waals surface area contributed by atoms with Gasteiger partial charge in [-0.1, -0.05) is 20.3 Å². The number of nitrogens with one attached hydrogen (secondary N) is 1. The number of carbonyl (C=O) groups is 2. The van der Waals surface area contributed by atoms with E-state index < -0.39 is 11.6 Å². The predicted molar refractivity (Wildman–Crippen MR) is 74.9 cm³/mol. The average molecular weight is 294 g/mol. The lowest BCUT2D eigenvalue weighted by Crippen LogP contribution is -2.68. The summed E-state index contributed by atoms with van der Waals surface area (Å²) in [7, 11) is 1.67. The van der Waals surface area contributed by atoms with Gasteiger partial charge in [0, 0.05) is 0 Å². The van der Waals surface area contributed by atoms with E-state index in [1.165, 1.54) is 4.80 Å². The van der Waals surface area contributed by atoms with Gasteiger partial charge in [0.25, 0.3) is 0 Å². The van der Waals surface area contributed by atoms with Crippen molar-refractivity contribution < 1.29 is 9.59 Å². The monoisotopic (exact) mass is 294 g/mol. The fourth-order valence-electron chi connectivity index (χ4n) is 2.53. The second-order valence-corrected chi connectivity index (χ2v) is 5.61. The molecule has 1 saturated heterocycles. The van der Waals surface area contributed by atoms with Gasteiger partial charge in [0.05, 0.1) is 13.6 Å². The minimum Gasteiger partial charge on any atom is -0.340 e. The van der Waals surface area contributed by atoms with Crippen molar-refractivity contribution in [1.29, 1.82) is 0 Å². The normalized spacial score (nSPS) is 26.1. The Kier molecular flexibility index (Phi) is 4.24. The van der Waals surface area contributed by atoms with Crippen LogP contribution in [0.15, 0.2) is 0 Å². The molecule has 21 heavy (non-hydrogen) atoms. The van der Waals surface area contributed by atoms with Gasteiger partial charge in [0.2, 0.25) is 11.8 Å². The van der Waals surface area contributed by atoms with Crippen LogP contribution in [-0.4, -0.2) is 48.5 Å². The summed E-state index contributed by atoms with van der Waals surface area (Å²) in [6, 6.07) is -0.467. The molecule has 0 spiro atoms. The van der Waals surface area contributed by atoms with Crippen molar-refractivity contribution in [3.05, 3.63) is 5.82 Å². The molecule has 1 aliphatic rings. The molecule has 2 unspecified atom stereocenters. The lowest BCUT2D eigenvalue weighted by Gasteiger charge is -2.43. The summed E-state index contributed by atoms with van der Waals surface area (Å²) in [4.78, 5) is 28.0. The molecule has 0 radical (unpaired) electrons. The summed E-state index contributed by atoms with van der Waals surface area (Å²) in [5, 5.41) is 14.6. The molecule has 1 aromatic heterocycles. The van der Waals surface area contributed by atoms with Gasteiger partial charge in [-0.15, -0.1) is 10.2 Å². The van der Waals surface area contributed by atoms with Gasteiger partial charge >= 0.3 is 0 Å². The maximum Gasteiger partial charge on any atom is 0.249 e. The molecule has 0 aliphatic carbocycles. The highest BCUT2D eigenvalue weighted by atomic mass is 16.2. The maximum atomic E-state index is 12.7. The molecule has 2 heterocycles. The van der Waals surface area contributed by atoms with Crippen LogP contribution in [0.4, 0.5) is 0 Å². The van der Waals surface area contributed by atoms with Crippen molar-refractivity contribution in [3.63, 3.8) is 0 Å². The van der Waals surface area contributed by atoms with Crippen LogP contribution in [-0.2, 0) is 23.2 Å². The van der Waals surface area contributed by atoms with Crippen molar-refractivity contribution >= 4 is 11.8 Å². The highest BCUT2D eigenvalue weighted by molar-refractivity contribution is 5.99. The first-order valence-corrected chi connectivity index (χ1v) is 7.27. The van der Waals surface area contributed by atoms with Gasteiger partial charge in [0.15, 0.2) is 5.82 Å². The van der Waals surface area contributed by atoms with Gasteiger partial charge in [-0.2, -0.15) is 4.80 Å². The molecule has 2 rings (SSSR count). The molecule has 0 aromatic carbocycles. The molecule has 1 aliphatic heterocycles. The Labute approximate surface area is 123 Å². The highest BCUT2D eigenvalue weighted by Gasteiger charge is 2.46. The third-order valence-corrected chi connectivity index (χ3v) is 3.94. The molecule has 8 heteroatoms. The Morgan fingerprint density at radius 3 is 2.57 bits per heavy atom. The number of hydrogen-bond acceptors (Lipinski definition) is 5. The highest BCUT2D eigenvalue weighted by Crippen LogP contribution is 2.24. The third kappa shape index (κ3) is 2.88. The zero-order valence-corrected chi connectivity index (χ0v) is 13.0. The van der Waals surface area contributed by atoms with Crippen LogP contribution < -0.4 is 5.32 Å². The Hall–Kier alpha value is -1.99. The van der Waals surface area contributed by atoms with E-state index in [2.05, 4.69) is 20.7 Å². The van der Waals surface area contributed by atoms with Gasteiger partial charge in [-0.05, 0) is 25.0 Å². The molecule has 1 aromatic rings. The molecule has 8 nitrogen and oxygen atoms in total. The number of carbonyl (C=O) groups excluding carboxylic acids is 2. The number of tetrazole rings is 1. The largest absolute Gasteiger partial charge is 0.340 e. The SMILES string of the molecule is CCCC1C(=O)NC(C)(CC)C(=O)N1Cc1nnn(C)n1. The zero-order chi connectivity index (χ0) is 15.6. The summed E-state index contributed by atoms with van der Waals surface area (Å²) >= 11 is 0. The number of amides is 2. The molecular formula is C13H22N6O2. The second kappa shape index (κ2) is 5.79. The van der Waals surface area contributed by atoms with Crippen molar-refractivity contribution in [2.45, 2.75) is 58.2 Å². The number of hydrogen-bond donors (Lipinski definition) is 1. The first-order chi connectivity index (χ1) is 9.91. The van der Waals surface area contributed by atoms with Crippen LogP contribution in [0.5, 0.6) is 0 Å². The summed E-state index contributed by atoms with van der Waals surface area (Å²) in [5.41, 5.74) is -0.858. The minimum atomic E-state index is -0.858. The topological polar surface area (TPSA) is 93.0 Å². The van der Waals surface area contributed by atoms with Crippen LogP contribution in [0.25, 0.3) is 0 Å². The first-order valence-electron chi connectivity index (χ1n) is 7.27. The first kappa shape index (κ1) is 15.4. The Bertz CT molecular complexity index is 543.